The minimum Gasteiger partial charge on any atom is -0.490 e. The highest BCUT2D eigenvalue weighted by Gasteiger charge is 2.24. The van der Waals surface area contributed by atoms with Gasteiger partial charge in [0.1, 0.15) is 10.6 Å². The van der Waals surface area contributed by atoms with Gasteiger partial charge >= 0.3 is 0 Å². The van der Waals surface area contributed by atoms with Gasteiger partial charge in [-0.05, 0) is 61.9 Å². The van der Waals surface area contributed by atoms with E-state index in [-0.39, 0.29) is 16.9 Å². The molecule has 152 valence electrons. The molecule has 1 aliphatic carbocycles. The average molecular weight is 413 g/mol. The molecule has 0 N–H and O–H groups in total. The first-order chi connectivity index (χ1) is 13.7. The van der Waals surface area contributed by atoms with E-state index in [1.54, 1.807) is 12.1 Å². The van der Waals surface area contributed by atoms with E-state index in [0.717, 1.165) is 24.7 Å². The molecule has 0 saturated heterocycles. The molecule has 0 saturated carbocycles. The van der Waals surface area contributed by atoms with Gasteiger partial charge in [-0.3, -0.25) is 0 Å². The molecule has 0 fully saturated rings. The lowest BCUT2D eigenvalue weighted by molar-refractivity contribution is 0.236. The molecule has 0 spiro atoms. The van der Waals surface area contributed by atoms with Gasteiger partial charge in [-0.25, -0.2) is 8.42 Å². The topological polar surface area (TPSA) is 82.3 Å². The van der Waals surface area contributed by atoms with Crippen molar-refractivity contribution in [3.63, 3.8) is 0 Å². The quantitative estimate of drug-likeness (QED) is 0.607. The Morgan fingerprint density at radius 3 is 2.72 bits per heavy atom. The van der Waals surface area contributed by atoms with Crippen molar-refractivity contribution in [3.8, 4) is 28.6 Å². The summed E-state index contributed by atoms with van der Waals surface area (Å²) in [4.78, 5) is 4.66. The van der Waals surface area contributed by atoms with E-state index >= 15 is 0 Å². The van der Waals surface area contributed by atoms with Gasteiger partial charge in [-0.1, -0.05) is 30.3 Å². The minimum atomic E-state index is -3.48. The molecule has 7 heteroatoms. The first-order valence-electron chi connectivity index (χ1n) is 9.71. The summed E-state index contributed by atoms with van der Waals surface area (Å²) in [5.41, 5.74) is 4.12. The maximum atomic E-state index is 12.3. The van der Waals surface area contributed by atoms with E-state index in [4.69, 9.17) is 9.26 Å². The van der Waals surface area contributed by atoms with Crippen molar-refractivity contribution in [2.75, 3.05) is 6.26 Å². The smallest absolute Gasteiger partial charge is 0.258 e. The number of fused-ring (bicyclic) bond motifs is 1. The Balaban J connectivity index is 1.74. The summed E-state index contributed by atoms with van der Waals surface area (Å²) >= 11 is 0. The van der Waals surface area contributed by atoms with Crippen molar-refractivity contribution >= 4 is 9.84 Å². The summed E-state index contributed by atoms with van der Waals surface area (Å²) in [5.74, 6) is 1.65. The second-order valence-corrected chi connectivity index (χ2v) is 9.82. The summed E-state index contributed by atoms with van der Waals surface area (Å²) in [5, 5.41) is 4.16. The van der Waals surface area contributed by atoms with Crippen molar-refractivity contribution in [1.29, 1.82) is 0 Å². The van der Waals surface area contributed by atoms with E-state index in [9.17, 15) is 8.42 Å². The highest BCUT2D eigenvalue weighted by Crippen LogP contribution is 2.38. The van der Waals surface area contributed by atoms with Crippen LogP contribution in [0, 0.1) is 0 Å². The zero-order valence-corrected chi connectivity index (χ0v) is 17.8. The molecule has 1 heterocycles. The average Bonchev–Trinajstić information content (AvgIpc) is 3.28. The Kier molecular flexibility index (Phi) is 4.94. The Morgan fingerprint density at radius 1 is 1.21 bits per heavy atom. The summed E-state index contributed by atoms with van der Waals surface area (Å²) in [7, 11) is -3.48. The van der Waals surface area contributed by atoms with Crippen LogP contribution in [0.3, 0.4) is 0 Å². The summed E-state index contributed by atoms with van der Waals surface area (Å²) in [6.07, 6.45) is 3.13. The molecule has 0 radical (unpaired) electrons. The molecule has 0 amide bonds. The number of ether oxygens (including phenoxy) is 1. The zero-order chi connectivity index (χ0) is 20.8. The summed E-state index contributed by atoms with van der Waals surface area (Å²) < 4.78 is 35.7. The fraction of sp³-hybridized carbons (Fsp3) is 0.364. The first-order valence-corrected chi connectivity index (χ1v) is 11.6. The van der Waals surface area contributed by atoms with Gasteiger partial charge in [-0.2, -0.15) is 4.98 Å². The van der Waals surface area contributed by atoms with Crippen molar-refractivity contribution in [1.82, 2.24) is 10.1 Å². The van der Waals surface area contributed by atoms with Gasteiger partial charge in [0.2, 0.25) is 5.82 Å². The summed E-state index contributed by atoms with van der Waals surface area (Å²) in [6.45, 7) is 5.93. The number of aromatic nitrogens is 2. The fourth-order valence-electron chi connectivity index (χ4n) is 3.80. The monoisotopic (exact) mass is 412 g/mol. The Labute approximate surface area is 170 Å². The molecular weight excluding hydrogens is 388 g/mol. The van der Waals surface area contributed by atoms with Crippen LogP contribution < -0.4 is 4.74 Å². The molecule has 0 unspecified atom stereocenters. The lowest BCUT2D eigenvalue weighted by atomic mass is 9.99. The molecule has 4 rings (SSSR count). The second-order valence-electron chi connectivity index (χ2n) is 7.84. The van der Waals surface area contributed by atoms with Gasteiger partial charge in [0.25, 0.3) is 5.89 Å². The standard InChI is InChI=1S/C22H24N2O4S/c1-13(2)27-19-11-9-15(12-20(19)29(4,25)26)22-23-21(24-28-22)18-7-5-6-16-14(3)8-10-17(16)18/h5-7,9,11-14H,8,10H2,1-4H3/t14-/m1/s1. The maximum Gasteiger partial charge on any atom is 0.258 e. The van der Waals surface area contributed by atoms with Crippen molar-refractivity contribution < 1.29 is 17.7 Å². The number of sulfone groups is 1. The second kappa shape index (κ2) is 7.30. The van der Waals surface area contributed by atoms with Crippen molar-refractivity contribution in [3.05, 3.63) is 47.5 Å². The highest BCUT2D eigenvalue weighted by atomic mass is 32.2. The number of benzene rings is 2. The maximum absolute atomic E-state index is 12.3. The van der Waals surface area contributed by atoms with Crippen LogP contribution in [0.5, 0.6) is 5.75 Å². The molecule has 3 aromatic rings. The SMILES string of the molecule is CC(C)Oc1ccc(-c2nc(-c3cccc4c3CC[C@H]4C)no2)cc1S(C)(=O)=O. The fourth-order valence-corrected chi connectivity index (χ4v) is 4.63. The van der Waals surface area contributed by atoms with Crippen LogP contribution in [0.1, 0.15) is 44.2 Å². The van der Waals surface area contributed by atoms with E-state index in [1.165, 1.54) is 17.2 Å². The largest absolute Gasteiger partial charge is 0.490 e. The molecule has 6 nitrogen and oxygen atoms in total. The van der Waals surface area contributed by atoms with Crippen molar-refractivity contribution in [2.45, 2.75) is 50.5 Å². The Bertz CT molecular complexity index is 1170. The van der Waals surface area contributed by atoms with Crippen LogP contribution in [-0.4, -0.2) is 30.9 Å². The molecule has 1 aromatic heterocycles. The number of hydrogen-bond acceptors (Lipinski definition) is 6. The zero-order valence-electron chi connectivity index (χ0n) is 17.0. The molecule has 2 aromatic carbocycles. The van der Waals surface area contributed by atoms with Gasteiger partial charge in [0.15, 0.2) is 9.84 Å². The predicted molar refractivity (Wildman–Crippen MR) is 111 cm³/mol. The van der Waals surface area contributed by atoms with E-state index < -0.39 is 9.84 Å². The lowest BCUT2D eigenvalue weighted by Crippen LogP contribution is -2.09. The van der Waals surface area contributed by atoms with Crippen LogP contribution in [0.25, 0.3) is 22.8 Å². The number of nitrogens with zero attached hydrogens (tertiary/aromatic N) is 2. The van der Waals surface area contributed by atoms with Crippen molar-refractivity contribution in [2.24, 2.45) is 0 Å². The van der Waals surface area contributed by atoms with Gasteiger partial charge in [0, 0.05) is 17.4 Å². The van der Waals surface area contributed by atoms with E-state index in [1.807, 2.05) is 26.0 Å². The van der Waals surface area contributed by atoms with E-state index in [0.29, 0.717) is 23.1 Å². The van der Waals surface area contributed by atoms with Gasteiger partial charge in [-0.15, -0.1) is 0 Å². The normalized spacial score (nSPS) is 16.2. The van der Waals surface area contributed by atoms with Gasteiger partial charge < -0.3 is 9.26 Å². The first kappa shape index (κ1) is 19.6. The summed E-state index contributed by atoms with van der Waals surface area (Å²) in [6, 6.07) is 11.1. The van der Waals surface area contributed by atoms with Crippen LogP contribution in [-0.2, 0) is 16.3 Å². The van der Waals surface area contributed by atoms with E-state index in [2.05, 4.69) is 23.1 Å². The predicted octanol–water partition coefficient (Wildman–Crippen LogP) is 4.64. The van der Waals surface area contributed by atoms with Crippen LogP contribution in [0.15, 0.2) is 45.8 Å². The minimum absolute atomic E-state index is 0.109. The van der Waals surface area contributed by atoms with Crippen LogP contribution >= 0.6 is 0 Å². The molecule has 1 atom stereocenters. The number of rotatable bonds is 5. The molecule has 0 bridgehead atoms. The third-order valence-electron chi connectivity index (χ3n) is 5.19. The van der Waals surface area contributed by atoms with Crippen LogP contribution in [0.4, 0.5) is 0 Å². The third kappa shape index (κ3) is 3.79. The molecule has 0 aliphatic heterocycles. The molecule has 1 aliphatic rings. The molecular formula is C22H24N2O4S. The molecule has 29 heavy (non-hydrogen) atoms. The third-order valence-corrected chi connectivity index (χ3v) is 6.31. The van der Waals surface area contributed by atoms with Crippen LogP contribution in [0.2, 0.25) is 0 Å². The lowest BCUT2D eigenvalue weighted by Gasteiger charge is -2.13. The highest BCUT2D eigenvalue weighted by molar-refractivity contribution is 7.90. The van der Waals surface area contributed by atoms with Gasteiger partial charge in [0.05, 0.1) is 6.10 Å². The number of hydrogen-bond donors (Lipinski definition) is 0. The Morgan fingerprint density at radius 2 is 2.00 bits per heavy atom. The Hall–Kier alpha value is -2.67.